The zero-order valence-corrected chi connectivity index (χ0v) is 9.87. The van der Waals surface area contributed by atoms with E-state index in [0.29, 0.717) is 23.5 Å². The van der Waals surface area contributed by atoms with Crippen molar-refractivity contribution in [2.45, 2.75) is 31.7 Å². The summed E-state index contributed by atoms with van der Waals surface area (Å²) in [5, 5.41) is 3.65. The Kier molecular flexibility index (Phi) is 3.28. The molecule has 0 atom stereocenters. The number of ketones is 1. The summed E-state index contributed by atoms with van der Waals surface area (Å²) in [5.74, 6) is 0.255. The standard InChI is InChI=1S/C10H13N3O2S/c1-13(7-2-4-8(14)5-3-7)10(15)9-6-11-12-16-9/h6-7H,2-5H2,1H3. The normalized spacial score (nSPS) is 17.4. The second kappa shape index (κ2) is 4.69. The van der Waals surface area contributed by atoms with Crippen molar-refractivity contribution in [3.8, 4) is 0 Å². The molecular formula is C10H13N3O2S. The molecule has 0 spiro atoms. The SMILES string of the molecule is CN(C(=O)c1cnns1)C1CCC(=O)CC1. The number of amides is 1. The Balaban J connectivity index is 1.99. The first-order valence-corrected chi connectivity index (χ1v) is 6.02. The van der Waals surface area contributed by atoms with Crippen LogP contribution in [0.15, 0.2) is 6.20 Å². The minimum absolute atomic E-state index is 0.0469. The van der Waals surface area contributed by atoms with Crippen LogP contribution >= 0.6 is 11.5 Å². The van der Waals surface area contributed by atoms with Crippen LogP contribution in [0, 0.1) is 0 Å². The van der Waals surface area contributed by atoms with E-state index in [1.54, 1.807) is 11.9 Å². The Morgan fingerprint density at radius 2 is 2.19 bits per heavy atom. The molecule has 0 N–H and O–H groups in total. The highest BCUT2D eigenvalue weighted by atomic mass is 32.1. The van der Waals surface area contributed by atoms with Gasteiger partial charge in [0.05, 0.1) is 6.20 Å². The average Bonchev–Trinajstić information content (AvgIpc) is 2.81. The number of nitrogens with zero attached hydrogens (tertiary/aromatic N) is 3. The lowest BCUT2D eigenvalue weighted by Crippen LogP contribution is -2.39. The number of hydrogen-bond acceptors (Lipinski definition) is 5. The van der Waals surface area contributed by atoms with Crippen molar-refractivity contribution >= 4 is 23.2 Å². The third-order valence-corrected chi connectivity index (χ3v) is 3.61. The van der Waals surface area contributed by atoms with Gasteiger partial charge in [-0.1, -0.05) is 4.49 Å². The van der Waals surface area contributed by atoms with Gasteiger partial charge >= 0.3 is 0 Å². The average molecular weight is 239 g/mol. The Labute approximate surface area is 97.6 Å². The summed E-state index contributed by atoms with van der Waals surface area (Å²) in [4.78, 5) is 25.3. The highest BCUT2D eigenvalue weighted by molar-refractivity contribution is 7.07. The van der Waals surface area contributed by atoms with Gasteiger partial charge in [-0.05, 0) is 24.4 Å². The van der Waals surface area contributed by atoms with Crippen molar-refractivity contribution < 1.29 is 9.59 Å². The van der Waals surface area contributed by atoms with Crippen molar-refractivity contribution in [3.05, 3.63) is 11.1 Å². The second-order valence-electron chi connectivity index (χ2n) is 3.97. The van der Waals surface area contributed by atoms with Crippen LogP contribution in [-0.4, -0.2) is 39.3 Å². The minimum atomic E-state index is -0.0469. The summed E-state index contributed by atoms with van der Waals surface area (Å²) in [7, 11) is 1.78. The number of Topliss-reactive ketones (excluding diaryl/α,β-unsaturated/α-hetero) is 1. The maximum Gasteiger partial charge on any atom is 0.267 e. The molecule has 1 fully saturated rings. The van der Waals surface area contributed by atoms with Crippen LogP contribution in [0.1, 0.15) is 35.4 Å². The van der Waals surface area contributed by atoms with E-state index in [9.17, 15) is 9.59 Å². The van der Waals surface area contributed by atoms with Crippen LogP contribution in [0.5, 0.6) is 0 Å². The van der Waals surface area contributed by atoms with Gasteiger partial charge in [0.2, 0.25) is 0 Å². The molecule has 1 aliphatic carbocycles. The third kappa shape index (κ3) is 2.27. The maximum atomic E-state index is 12.0. The molecule has 5 nitrogen and oxygen atoms in total. The summed E-state index contributed by atoms with van der Waals surface area (Å²) in [6, 6.07) is 0.173. The van der Waals surface area contributed by atoms with E-state index in [-0.39, 0.29) is 11.9 Å². The van der Waals surface area contributed by atoms with Crippen LogP contribution in [-0.2, 0) is 4.79 Å². The van der Waals surface area contributed by atoms with Gasteiger partial charge in [-0.2, -0.15) is 0 Å². The van der Waals surface area contributed by atoms with Crippen LogP contribution in [0.4, 0.5) is 0 Å². The molecule has 0 radical (unpaired) electrons. The van der Waals surface area contributed by atoms with E-state index in [4.69, 9.17) is 0 Å². The molecule has 6 heteroatoms. The minimum Gasteiger partial charge on any atom is -0.338 e. The molecule has 1 aromatic heterocycles. The fourth-order valence-corrected chi connectivity index (χ4v) is 2.41. The number of carbonyl (C=O) groups excluding carboxylic acids is 2. The van der Waals surface area contributed by atoms with Gasteiger partial charge in [-0.15, -0.1) is 5.10 Å². The van der Waals surface area contributed by atoms with Crippen molar-refractivity contribution in [2.24, 2.45) is 0 Å². The zero-order chi connectivity index (χ0) is 11.5. The molecule has 1 aliphatic rings. The zero-order valence-electron chi connectivity index (χ0n) is 9.05. The first-order chi connectivity index (χ1) is 7.68. The molecule has 0 saturated heterocycles. The topological polar surface area (TPSA) is 63.2 Å². The molecule has 0 unspecified atom stereocenters. The Bertz CT molecular complexity index is 381. The fraction of sp³-hybridized carbons (Fsp3) is 0.600. The number of rotatable bonds is 2. The van der Waals surface area contributed by atoms with Crippen LogP contribution < -0.4 is 0 Å². The van der Waals surface area contributed by atoms with Crippen LogP contribution in [0.3, 0.4) is 0 Å². The largest absolute Gasteiger partial charge is 0.338 e. The monoisotopic (exact) mass is 239 g/mol. The molecule has 1 heterocycles. The molecule has 16 heavy (non-hydrogen) atoms. The summed E-state index contributed by atoms with van der Waals surface area (Å²) in [5.41, 5.74) is 0. The molecule has 1 aromatic rings. The predicted molar refractivity (Wildman–Crippen MR) is 59.3 cm³/mol. The van der Waals surface area contributed by atoms with Crippen molar-refractivity contribution in [1.29, 1.82) is 0 Å². The van der Waals surface area contributed by atoms with Gasteiger partial charge in [0, 0.05) is 25.9 Å². The molecule has 0 aliphatic heterocycles. The first kappa shape index (κ1) is 11.2. The highest BCUT2D eigenvalue weighted by Crippen LogP contribution is 2.21. The summed E-state index contributed by atoms with van der Waals surface area (Å²) >= 11 is 1.10. The smallest absolute Gasteiger partial charge is 0.267 e. The summed E-state index contributed by atoms with van der Waals surface area (Å²) in [6.07, 6.45) is 4.20. The van der Waals surface area contributed by atoms with Gasteiger partial charge < -0.3 is 4.90 Å². The molecular weight excluding hydrogens is 226 g/mol. The fourth-order valence-electron chi connectivity index (χ4n) is 1.91. The lowest BCUT2D eigenvalue weighted by Gasteiger charge is -2.30. The summed E-state index contributed by atoms with van der Waals surface area (Å²) < 4.78 is 3.67. The van der Waals surface area contributed by atoms with E-state index in [2.05, 4.69) is 9.59 Å². The molecule has 86 valence electrons. The lowest BCUT2D eigenvalue weighted by molar-refractivity contribution is -0.121. The summed E-state index contributed by atoms with van der Waals surface area (Å²) in [6.45, 7) is 0. The second-order valence-corrected chi connectivity index (χ2v) is 4.75. The first-order valence-electron chi connectivity index (χ1n) is 5.24. The quantitative estimate of drug-likeness (QED) is 0.776. The third-order valence-electron chi connectivity index (χ3n) is 2.95. The van der Waals surface area contributed by atoms with Gasteiger partial charge in [-0.25, -0.2) is 0 Å². The lowest BCUT2D eigenvalue weighted by atomic mass is 9.93. The Morgan fingerprint density at radius 3 is 2.75 bits per heavy atom. The van der Waals surface area contributed by atoms with E-state index >= 15 is 0 Å². The maximum absolute atomic E-state index is 12.0. The highest BCUT2D eigenvalue weighted by Gasteiger charge is 2.26. The molecule has 0 aromatic carbocycles. The van der Waals surface area contributed by atoms with Gasteiger partial charge in [-0.3, -0.25) is 9.59 Å². The predicted octanol–water partition coefficient (Wildman–Crippen LogP) is 1.12. The molecule has 1 amide bonds. The number of carbonyl (C=O) groups is 2. The van der Waals surface area contributed by atoms with Crippen molar-refractivity contribution in [3.63, 3.8) is 0 Å². The number of hydrogen-bond donors (Lipinski definition) is 0. The number of aromatic nitrogens is 2. The van der Waals surface area contributed by atoms with E-state index in [1.807, 2.05) is 0 Å². The van der Waals surface area contributed by atoms with E-state index in [0.717, 1.165) is 24.4 Å². The van der Waals surface area contributed by atoms with Crippen molar-refractivity contribution in [2.75, 3.05) is 7.05 Å². The van der Waals surface area contributed by atoms with Crippen LogP contribution in [0.25, 0.3) is 0 Å². The van der Waals surface area contributed by atoms with Gasteiger partial charge in [0.1, 0.15) is 10.7 Å². The van der Waals surface area contributed by atoms with E-state index < -0.39 is 0 Å². The van der Waals surface area contributed by atoms with Gasteiger partial charge in [0.25, 0.3) is 5.91 Å². The van der Waals surface area contributed by atoms with Crippen molar-refractivity contribution in [1.82, 2.24) is 14.5 Å². The van der Waals surface area contributed by atoms with Gasteiger partial charge in [0.15, 0.2) is 0 Å². The Morgan fingerprint density at radius 1 is 1.50 bits per heavy atom. The molecule has 2 rings (SSSR count). The van der Waals surface area contributed by atoms with E-state index in [1.165, 1.54) is 6.20 Å². The Hall–Kier alpha value is -1.30. The molecule has 0 bridgehead atoms. The molecule has 1 saturated carbocycles. The van der Waals surface area contributed by atoms with Crippen LogP contribution in [0.2, 0.25) is 0 Å².